The molecule has 0 bridgehead atoms. The van der Waals surface area contributed by atoms with Crippen LogP contribution in [0.5, 0.6) is 23.0 Å². The number of aromatic nitrogens is 4. The lowest BCUT2D eigenvalue weighted by Gasteiger charge is -2.51. The molecule has 0 radical (unpaired) electrons. The number of pyridine rings is 4. The fourth-order valence-electron chi connectivity index (χ4n) is 22.6. The summed E-state index contributed by atoms with van der Waals surface area (Å²) in [6, 6.07) is 73.9. The number of rotatable bonds is 4. The largest absolute Gasteiger partial charge is 0.502 e. The minimum atomic E-state index is -0.933. The zero-order valence-electron chi connectivity index (χ0n) is 77.1. The van der Waals surface area contributed by atoms with Crippen LogP contribution >= 0.6 is 47.0 Å². The van der Waals surface area contributed by atoms with Gasteiger partial charge in [0.05, 0.1) is 77.0 Å². The lowest BCUT2D eigenvalue weighted by Crippen LogP contribution is -2.66. The number of amides is 4. The van der Waals surface area contributed by atoms with Gasteiger partial charge in [-0.2, -0.15) is 0 Å². The van der Waals surface area contributed by atoms with E-state index in [9.17, 15) is 67.6 Å². The van der Waals surface area contributed by atoms with Crippen molar-refractivity contribution >= 4 is 114 Å². The molecule has 0 saturated carbocycles. The van der Waals surface area contributed by atoms with Gasteiger partial charge in [0, 0.05) is 138 Å². The van der Waals surface area contributed by atoms with Crippen molar-refractivity contribution in [3.05, 3.63) is 410 Å². The molecule has 12 aliphatic heterocycles. The quantitative estimate of drug-likeness (QED) is 0.119. The predicted molar refractivity (Wildman–Crippen MR) is 541 cm³/mol. The maximum absolute atomic E-state index is 15.4. The Morgan fingerprint density at radius 3 is 0.904 bits per heavy atom. The van der Waals surface area contributed by atoms with Gasteiger partial charge in [-0.1, -0.05) is 206 Å². The lowest BCUT2D eigenvalue weighted by atomic mass is 9.91. The predicted octanol–water partition coefficient (Wildman–Crippen LogP) is 15.7. The van der Waals surface area contributed by atoms with Gasteiger partial charge < -0.3 is 59.0 Å². The highest BCUT2D eigenvalue weighted by Gasteiger charge is 2.53. The number of hydrogen-bond donors (Lipinski definition) is 4. The molecule has 0 spiro atoms. The van der Waals surface area contributed by atoms with Gasteiger partial charge >= 0.3 is 0 Å². The van der Waals surface area contributed by atoms with Crippen molar-refractivity contribution in [1.29, 1.82) is 0 Å². The van der Waals surface area contributed by atoms with E-state index < -0.39 is 117 Å². The molecule has 732 valence electrons. The second-order valence-electron chi connectivity index (χ2n) is 36.8. The van der Waals surface area contributed by atoms with Gasteiger partial charge in [-0.3, -0.25) is 77.1 Å². The molecule has 4 unspecified atom stereocenters. The van der Waals surface area contributed by atoms with Crippen LogP contribution in [0.1, 0.15) is 122 Å². The maximum atomic E-state index is 15.4. The molecule has 0 aliphatic carbocycles. The summed E-state index contributed by atoms with van der Waals surface area (Å²) in [4.78, 5) is 116. The normalized spacial score (nSPS) is 20.6. The van der Waals surface area contributed by atoms with Gasteiger partial charge in [-0.25, -0.2) is 17.6 Å². The number of benzene rings is 12. The van der Waals surface area contributed by atoms with Crippen molar-refractivity contribution in [2.45, 2.75) is 89.7 Å². The standard InChI is InChI=1S/2C28H21F2N3O4S.2C27H21N3O4S/c2*29-20-8-7-17-19(23(20)30)14-38-27-16-4-2-1-3-15(16)5-6-18(27)24(17)33-22-13-37-12-11-31(22)28(36)25-26(35)21(34)9-10-32(25)33;2*31-19-11-12-29-25(26(19)32)27(33)28-13-14-34-15-22(28)30(29)24-17-7-1-2-9-20(17)35-21-10-4-6-16-5-3-8-18(24)23(16)21/h2*1-10,22,24,35H,11-14H2;2*1-12,22,24,32H,13-15H2/t22-,24+;;22-,24-;/m1.1./s1. The van der Waals surface area contributed by atoms with Gasteiger partial charge in [0.25, 0.3) is 23.6 Å². The van der Waals surface area contributed by atoms with Crippen LogP contribution in [0, 0.1) is 23.3 Å². The van der Waals surface area contributed by atoms with E-state index in [0.717, 1.165) is 108 Å². The zero-order valence-corrected chi connectivity index (χ0v) is 80.4. The van der Waals surface area contributed by atoms with Crippen LogP contribution < -0.4 is 41.8 Å². The molecule has 4 fully saturated rings. The van der Waals surface area contributed by atoms with E-state index in [1.165, 1.54) is 79.3 Å². The smallest absolute Gasteiger partial charge is 0.278 e. The van der Waals surface area contributed by atoms with E-state index in [1.54, 1.807) is 77.0 Å². The van der Waals surface area contributed by atoms with Crippen molar-refractivity contribution in [3.8, 4) is 23.0 Å². The van der Waals surface area contributed by atoms with Crippen LogP contribution in [-0.2, 0) is 30.5 Å². The Morgan fingerprint density at radius 2 is 0.562 bits per heavy atom. The molecule has 4 saturated heterocycles. The van der Waals surface area contributed by atoms with Gasteiger partial charge in [0.15, 0.2) is 69.0 Å². The van der Waals surface area contributed by atoms with Crippen molar-refractivity contribution in [2.75, 3.05) is 99.1 Å². The Balaban J connectivity index is 0.000000102. The van der Waals surface area contributed by atoms with E-state index in [-0.39, 0.29) is 95.6 Å². The molecule has 12 aliphatic rings. The summed E-state index contributed by atoms with van der Waals surface area (Å²) >= 11 is 6.34. The first kappa shape index (κ1) is 91.9. The number of carbonyl (C=O) groups excluding carboxylic acids is 4. The first-order valence-corrected chi connectivity index (χ1v) is 51.0. The molecule has 28 rings (SSSR count). The number of ether oxygens (including phenoxy) is 4. The van der Waals surface area contributed by atoms with E-state index in [1.807, 2.05) is 107 Å². The Kier molecular flexibility index (Phi) is 23.0. The summed E-state index contributed by atoms with van der Waals surface area (Å²) in [5.74, 6) is -7.34. The third kappa shape index (κ3) is 14.6. The van der Waals surface area contributed by atoms with Crippen LogP contribution in [0.25, 0.3) is 43.1 Å². The number of nitrogens with zero attached hydrogens (tertiary/aromatic N) is 12. The van der Waals surface area contributed by atoms with E-state index in [4.69, 9.17) is 18.9 Å². The Hall–Kier alpha value is -15.3. The molecule has 12 aromatic carbocycles. The Labute approximate surface area is 844 Å². The van der Waals surface area contributed by atoms with E-state index in [2.05, 4.69) is 107 Å². The second-order valence-corrected chi connectivity index (χ2v) is 40.9. The average Bonchev–Trinajstić information content (AvgIpc) is 1.56. The Morgan fingerprint density at radius 1 is 0.281 bits per heavy atom. The molecule has 16 heterocycles. The summed E-state index contributed by atoms with van der Waals surface area (Å²) < 4.78 is 89.3. The minimum absolute atomic E-state index is 0.00880. The summed E-state index contributed by atoms with van der Waals surface area (Å²) in [7, 11) is 0. The highest BCUT2D eigenvalue weighted by molar-refractivity contribution is 8.00. The highest BCUT2D eigenvalue weighted by atomic mass is 32.2. The molecule has 8 atom stereocenters. The van der Waals surface area contributed by atoms with E-state index in [0.29, 0.717) is 63.9 Å². The van der Waals surface area contributed by atoms with Crippen LogP contribution in [0.3, 0.4) is 0 Å². The topological polar surface area (TPSA) is 300 Å². The monoisotopic (exact) mass is 2030 g/mol. The number of halogens is 4. The summed E-state index contributed by atoms with van der Waals surface area (Å²) in [6.45, 7) is 3.62. The molecule has 4 N–H and O–H groups in total. The number of carbonyl (C=O) groups is 4. The zero-order chi connectivity index (χ0) is 99.6. The molecule has 146 heavy (non-hydrogen) atoms. The average molecular weight is 2030 g/mol. The molecular formula is C110H84F4N12O16S4. The first-order valence-electron chi connectivity index (χ1n) is 47.4. The summed E-state index contributed by atoms with van der Waals surface area (Å²) in [6.07, 6.45) is 4.00. The molecule has 16 aromatic rings. The number of thioether (sulfide) groups is 2. The van der Waals surface area contributed by atoms with Crippen LogP contribution in [0.2, 0.25) is 0 Å². The number of morpholine rings is 4. The lowest BCUT2D eigenvalue weighted by molar-refractivity contribution is -0.0198. The maximum Gasteiger partial charge on any atom is 0.278 e. The van der Waals surface area contributed by atoms with Gasteiger partial charge in [0.1, 0.15) is 24.7 Å². The SMILES string of the molecule is O=C1c2c(O)c(=O)ccn2N(C2c3ccc(F)c(F)c3CSc3c2ccc2ccccc32)C2COCCN12.O=C1c2c(O)c(=O)ccn2N(C2c3ccccc3Sc3cccc4cccc2c34)C2COCCN12.O=C1c2c(O)c(=O)ccn2N([C@@H]2c3ccccc3Sc3cccc4cccc2c34)[C@@H]2COCCN12.O=C1c2c(O)c(=O)ccn2N([C@H]2c3ccc(F)c(F)c3CSc3c2ccc2ccccc32)[C@@H]2COCCN12. The van der Waals surface area contributed by atoms with E-state index >= 15 is 8.78 Å². The summed E-state index contributed by atoms with van der Waals surface area (Å²) in [5, 5.41) is 59.4. The van der Waals surface area contributed by atoms with Crippen LogP contribution in [0.15, 0.2) is 316 Å². The number of fused-ring (bicyclic) bond motifs is 18. The second kappa shape index (κ2) is 36.5. The van der Waals surface area contributed by atoms with Crippen LogP contribution in [-0.4, -0.2) is 186 Å². The van der Waals surface area contributed by atoms with Crippen molar-refractivity contribution < 1.29 is 76.1 Å². The molecular weight excluding hydrogens is 1950 g/mol. The summed E-state index contributed by atoms with van der Waals surface area (Å²) in [5.41, 5.74) is 4.73. The minimum Gasteiger partial charge on any atom is -0.502 e. The fraction of sp³-hybridized carbons (Fsp3) is 0.200. The molecule has 4 amide bonds. The van der Waals surface area contributed by atoms with Gasteiger partial charge in [-0.15, -0.1) is 23.5 Å². The highest BCUT2D eigenvalue weighted by Crippen LogP contribution is 2.55. The fourth-order valence-corrected chi connectivity index (χ4v) is 27.5. The molecule has 4 aromatic heterocycles. The van der Waals surface area contributed by atoms with Crippen molar-refractivity contribution in [3.63, 3.8) is 0 Å². The third-order valence-electron chi connectivity index (χ3n) is 29.2. The third-order valence-corrected chi connectivity index (χ3v) is 33.9. The molecule has 28 nitrogen and oxygen atoms in total. The van der Waals surface area contributed by atoms with Crippen molar-refractivity contribution in [2.24, 2.45) is 0 Å². The first-order chi connectivity index (χ1) is 71.2. The molecule has 36 heteroatoms. The van der Waals surface area contributed by atoms with Crippen molar-refractivity contribution in [1.82, 2.24) is 38.3 Å². The van der Waals surface area contributed by atoms with Gasteiger partial charge in [0.2, 0.25) is 21.7 Å². The van der Waals surface area contributed by atoms with Crippen LogP contribution in [0.4, 0.5) is 17.6 Å². The number of aromatic hydroxyl groups is 4. The van der Waals surface area contributed by atoms with Gasteiger partial charge in [-0.05, 0) is 113 Å². The number of hydrogen-bond acceptors (Lipinski definition) is 24. The Bertz CT molecular complexity index is 8030.